The molecule has 0 N–H and O–H groups in total. The molecule has 0 aromatic heterocycles. The molecular formula is C93H132Cl2Zr-2. The van der Waals surface area contributed by atoms with E-state index >= 15 is 0 Å². The molecule has 0 spiro atoms. The van der Waals surface area contributed by atoms with Crippen molar-refractivity contribution in [3.8, 4) is 22.3 Å². The number of benzene rings is 6. The Morgan fingerprint density at radius 1 is 0.365 bits per heavy atom. The third-order valence-electron chi connectivity index (χ3n) is 19.9. The second kappa shape index (κ2) is 50.3. The van der Waals surface area contributed by atoms with Gasteiger partial charge in [-0.3, -0.25) is 6.08 Å². The van der Waals surface area contributed by atoms with Gasteiger partial charge in [0.1, 0.15) is 0 Å². The predicted molar refractivity (Wildman–Crippen MR) is 417 cm³/mol. The molecule has 0 fully saturated rings. The van der Waals surface area contributed by atoms with Gasteiger partial charge < -0.3 is 24.8 Å². The SMILES string of the molecule is CCCCCCCCCCCCCCCCCCCCc1ccccc1-c1cc2[cH-]c3cc(-c4ccccc4CCCCCCCCCCCCCCCCCCCC)c(C(C)(C)C)cc3c2cc1C(C)(C)C.[C-]1=CC=CC1.[Cl-].[Cl-].[Zr+2]=[C](Cc1ccccc1)Cc1ccccc1. The zero-order chi connectivity index (χ0) is 66.7. The fraction of sp³-hybridized carbons (Fsp3) is 0.548. The van der Waals surface area contributed by atoms with Crippen LogP contribution in [0.4, 0.5) is 0 Å². The van der Waals surface area contributed by atoms with E-state index in [1.54, 1.807) is 27.4 Å². The van der Waals surface area contributed by atoms with Gasteiger partial charge in [-0.2, -0.15) is 6.08 Å². The Hall–Kier alpha value is -4.00. The molecule has 0 heterocycles. The number of aryl methyl sites for hydroxylation is 2. The number of halogens is 2. The molecule has 96 heavy (non-hydrogen) atoms. The molecule has 0 unspecified atom stereocenters. The third-order valence-corrected chi connectivity index (χ3v) is 20.8. The molecule has 0 bridgehead atoms. The predicted octanol–water partition coefficient (Wildman–Crippen LogP) is 23.3. The van der Waals surface area contributed by atoms with E-state index in [0.29, 0.717) is 0 Å². The molecular weight excluding hydrogens is 1280 g/mol. The van der Waals surface area contributed by atoms with Gasteiger partial charge in [0.05, 0.1) is 0 Å². The normalized spacial score (nSPS) is 11.9. The van der Waals surface area contributed by atoms with Gasteiger partial charge >= 0.3 is 112 Å². The molecule has 0 radical (unpaired) electrons. The standard InChI is InChI=1S/C73H113.C15H14.C5H5.2ClH.Zr/c1-9-11-13-15-17-19-21-23-25-27-29-31-33-35-37-39-41-43-49-60-51-45-47-53-64(60)68-56-62-55-63-57-69(71(73(6,7)8)59-67(63)66(62)58-70(68)72(3,4)5)65-54-48-46-52-61(65)50-44-42-40-38-36-34-32-30-28-26-24-22-20-18-16-14-12-10-2;1-3-8-14(9-4-1)12-7-13-15-10-5-2-6-11-15;1-2-4-5-3-1;;;/h45-48,51-59H,9-44,49-50H2,1-8H3;1-6,8-11H,12-13H2;1-3H,4H2;2*1H;/q-1;;-1;;;+2/p-2. The van der Waals surface area contributed by atoms with Crippen molar-refractivity contribution in [3.63, 3.8) is 0 Å². The van der Waals surface area contributed by atoms with E-state index in [1.807, 2.05) is 12.2 Å². The van der Waals surface area contributed by atoms with Gasteiger partial charge in [-0.05, 0) is 81.0 Å². The van der Waals surface area contributed by atoms with Crippen molar-refractivity contribution in [2.75, 3.05) is 0 Å². The van der Waals surface area contributed by atoms with Crippen LogP contribution in [0, 0.1) is 6.08 Å². The second-order valence-corrected chi connectivity index (χ2v) is 32.1. The molecule has 0 aliphatic heterocycles. The summed E-state index contributed by atoms with van der Waals surface area (Å²) in [6.45, 7) is 19.1. The molecule has 0 atom stereocenters. The first-order valence-corrected chi connectivity index (χ1v) is 40.3. The Balaban J connectivity index is 0.000000716. The summed E-state index contributed by atoms with van der Waals surface area (Å²) in [6.07, 6.45) is 65.7. The molecule has 1 aliphatic rings. The average molecular weight is 1410 g/mol. The molecule has 3 heteroatoms. The summed E-state index contributed by atoms with van der Waals surface area (Å²) in [5.41, 5.74) is 14.6. The fourth-order valence-electron chi connectivity index (χ4n) is 14.3. The first kappa shape index (κ1) is 84.4. The molecule has 7 aromatic carbocycles. The van der Waals surface area contributed by atoms with Crippen LogP contribution in [0.3, 0.4) is 0 Å². The zero-order valence-electron chi connectivity index (χ0n) is 62.3. The number of rotatable bonds is 44. The van der Waals surface area contributed by atoms with E-state index in [1.165, 1.54) is 308 Å². The first-order chi connectivity index (χ1) is 45.9. The number of allylic oxidation sites excluding steroid dienone is 4. The van der Waals surface area contributed by atoms with Crippen molar-refractivity contribution in [3.05, 3.63) is 197 Å². The van der Waals surface area contributed by atoms with Gasteiger partial charge in [-0.1, -0.05) is 334 Å². The number of unbranched alkanes of at least 4 members (excludes halogenated alkanes) is 34. The van der Waals surface area contributed by atoms with Crippen molar-refractivity contribution in [2.45, 2.75) is 329 Å². The quantitative estimate of drug-likeness (QED) is 0.0264. The average Bonchev–Trinajstić information content (AvgIpc) is 1.54. The summed E-state index contributed by atoms with van der Waals surface area (Å²) in [4.78, 5) is 0. The van der Waals surface area contributed by atoms with Gasteiger partial charge in [0, 0.05) is 0 Å². The molecule has 524 valence electrons. The summed E-state index contributed by atoms with van der Waals surface area (Å²) in [7, 11) is 0. The summed E-state index contributed by atoms with van der Waals surface area (Å²) in [5.74, 6) is 0. The van der Waals surface area contributed by atoms with E-state index in [4.69, 9.17) is 0 Å². The number of hydrogen-bond donors (Lipinski definition) is 0. The Morgan fingerprint density at radius 3 is 0.927 bits per heavy atom. The van der Waals surface area contributed by atoms with Gasteiger partial charge in [0.15, 0.2) is 0 Å². The Bertz CT molecular complexity index is 2970. The van der Waals surface area contributed by atoms with Crippen LogP contribution in [-0.4, -0.2) is 3.21 Å². The molecule has 0 amide bonds. The van der Waals surface area contributed by atoms with Crippen molar-refractivity contribution in [2.24, 2.45) is 0 Å². The van der Waals surface area contributed by atoms with E-state index in [-0.39, 0.29) is 35.6 Å². The van der Waals surface area contributed by atoms with Crippen LogP contribution in [0.2, 0.25) is 0 Å². The number of fused-ring (bicyclic) bond motifs is 3. The second-order valence-electron chi connectivity index (χ2n) is 30.4. The molecule has 0 saturated heterocycles. The van der Waals surface area contributed by atoms with Gasteiger partial charge in [-0.15, -0.1) is 46.2 Å². The number of hydrogen-bond acceptors (Lipinski definition) is 0. The van der Waals surface area contributed by atoms with Crippen molar-refractivity contribution in [1.82, 2.24) is 0 Å². The van der Waals surface area contributed by atoms with Crippen molar-refractivity contribution < 1.29 is 49.0 Å². The van der Waals surface area contributed by atoms with E-state index < -0.39 is 0 Å². The van der Waals surface area contributed by atoms with Gasteiger partial charge in [-0.25, -0.2) is 12.2 Å². The van der Waals surface area contributed by atoms with Crippen LogP contribution in [-0.2, 0) is 60.7 Å². The van der Waals surface area contributed by atoms with E-state index in [9.17, 15) is 0 Å². The maximum atomic E-state index is 2.99. The maximum absolute atomic E-state index is 2.99. The van der Waals surface area contributed by atoms with Crippen LogP contribution < -0.4 is 24.8 Å². The van der Waals surface area contributed by atoms with Crippen LogP contribution in [0.5, 0.6) is 0 Å². The van der Waals surface area contributed by atoms with Crippen LogP contribution in [0.25, 0.3) is 43.8 Å². The van der Waals surface area contributed by atoms with Crippen LogP contribution in [0.15, 0.2) is 158 Å². The van der Waals surface area contributed by atoms with Gasteiger partial charge in [0.25, 0.3) is 0 Å². The summed E-state index contributed by atoms with van der Waals surface area (Å²) in [6, 6.07) is 53.0. The zero-order valence-corrected chi connectivity index (χ0v) is 66.2. The fourth-order valence-corrected chi connectivity index (χ4v) is 15.3. The summed E-state index contributed by atoms with van der Waals surface area (Å²) >= 11 is 1.55. The van der Waals surface area contributed by atoms with Crippen molar-refractivity contribution in [1.29, 1.82) is 0 Å². The first-order valence-electron chi connectivity index (χ1n) is 39.1. The minimum absolute atomic E-state index is 0. The molecule has 0 nitrogen and oxygen atoms in total. The summed E-state index contributed by atoms with van der Waals surface area (Å²) < 4.78 is 1.60. The van der Waals surface area contributed by atoms with Crippen LogP contribution >= 0.6 is 0 Å². The third kappa shape index (κ3) is 33.0. The Labute approximate surface area is 617 Å². The van der Waals surface area contributed by atoms with E-state index in [0.717, 1.165) is 32.1 Å². The monoisotopic (exact) mass is 1410 g/mol. The topological polar surface area (TPSA) is 0 Å². The van der Waals surface area contributed by atoms with E-state index in [2.05, 4.69) is 207 Å². The molecule has 1 aliphatic carbocycles. The minimum atomic E-state index is 0. The van der Waals surface area contributed by atoms with Crippen LogP contribution in [0.1, 0.15) is 326 Å². The van der Waals surface area contributed by atoms with Crippen molar-refractivity contribution >= 4 is 24.8 Å². The molecule has 7 aromatic rings. The molecule has 8 rings (SSSR count). The Kier molecular flexibility index (Phi) is 44.3. The molecule has 0 saturated carbocycles. The Morgan fingerprint density at radius 2 is 0.656 bits per heavy atom. The van der Waals surface area contributed by atoms with Gasteiger partial charge in [0.2, 0.25) is 0 Å². The summed E-state index contributed by atoms with van der Waals surface area (Å²) in [5, 5.41) is 5.58.